The van der Waals surface area contributed by atoms with Crippen molar-refractivity contribution in [3.05, 3.63) is 54.1 Å². The fourth-order valence-corrected chi connectivity index (χ4v) is 5.04. The van der Waals surface area contributed by atoms with E-state index < -0.39 is 0 Å². The van der Waals surface area contributed by atoms with Crippen LogP contribution in [-0.4, -0.2) is 59.8 Å². The molecule has 8 nitrogen and oxygen atoms in total. The molecule has 8 heteroatoms. The fourth-order valence-electron chi connectivity index (χ4n) is 5.04. The highest BCUT2D eigenvalue weighted by Gasteiger charge is 2.41. The van der Waals surface area contributed by atoms with Crippen molar-refractivity contribution in [3.63, 3.8) is 0 Å². The van der Waals surface area contributed by atoms with Crippen LogP contribution in [-0.2, 0) is 20.9 Å². The molecule has 4 rings (SSSR count). The van der Waals surface area contributed by atoms with Crippen molar-refractivity contribution in [2.75, 3.05) is 30.8 Å². The zero-order valence-electron chi connectivity index (χ0n) is 19.8. The summed E-state index contributed by atoms with van der Waals surface area (Å²) in [6.45, 7) is 3.02. The molecule has 3 amide bonds. The number of benzene rings is 2. The molecular formula is C26H32N4O4. The second-order valence-electron chi connectivity index (χ2n) is 8.93. The highest BCUT2D eigenvalue weighted by Crippen LogP contribution is 2.32. The van der Waals surface area contributed by atoms with Gasteiger partial charge in [-0.05, 0) is 37.0 Å². The second-order valence-corrected chi connectivity index (χ2v) is 8.93. The summed E-state index contributed by atoms with van der Waals surface area (Å²) in [7, 11) is 1.55. The number of fused-ring (bicyclic) bond motifs is 1. The van der Waals surface area contributed by atoms with Crippen molar-refractivity contribution in [1.29, 1.82) is 0 Å². The molecule has 34 heavy (non-hydrogen) atoms. The Hall–Kier alpha value is -3.39. The van der Waals surface area contributed by atoms with Crippen LogP contribution in [0.3, 0.4) is 0 Å². The predicted octanol–water partition coefficient (Wildman–Crippen LogP) is 3.25. The van der Waals surface area contributed by atoms with Gasteiger partial charge in [0.05, 0.1) is 25.0 Å². The SMILES string of the molecule is COc1ccc(NC(C)=O)c(NC(=O)CN2CC[C@H]3[C@@H]2CCCC(=O)N3Cc2ccccc2)c1. The van der Waals surface area contributed by atoms with E-state index in [1.54, 1.807) is 25.3 Å². The van der Waals surface area contributed by atoms with Crippen LogP contribution in [0.15, 0.2) is 48.5 Å². The Morgan fingerprint density at radius 3 is 2.56 bits per heavy atom. The van der Waals surface area contributed by atoms with Crippen LogP contribution >= 0.6 is 0 Å². The van der Waals surface area contributed by atoms with Gasteiger partial charge in [-0.1, -0.05) is 30.3 Å². The average molecular weight is 465 g/mol. The van der Waals surface area contributed by atoms with Gasteiger partial charge in [-0.15, -0.1) is 0 Å². The molecular weight excluding hydrogens is 432 g/mol. The van der Waals surface area contributed by atoms with E-state index in [-0.39, 0.29) is 36.3 Å². The first-order valence-electron chi connectivity index (χ1n) is 11.8. The van der Waals surface area contributed by atoms with Gasteiger partial charge in [0, 0.05) is 44.6 Å². The monoisotopic (exact) mass is 464 g/mol. The number of carbonyl (C=O) groups is 3. The van der Waals surface area contributed by atoms with E-state index in [0.717, 1.165) is 31.4 Å². The number of carbonyl (C=O) groups excluding carboxylic acids is 3. The van der Waals surface area contributed by atoms with Crippen LogP contribution in [0.5, 0.6) is 5.75 Å². The number of hydrogen-bond acceptors (Lipinski definition) is 5. The molecule has 2 aromatic rings. The summed E-state index contributed by atoms with van der Waals surface area (Å²) in [4.78, 5) is 41.7. The van der Waals surface area contributed by atoms with Crippen LogP contribution in [0.25, 0.3) is 0 Å². The molecule has 0 saturated carbocycles. The molecule has 2 fully saturated rings. The zero-order valence-corrected chi connectivity index (χ0v) is 19.8. The van der Waals surface area contributed by atoms with Crippen LogP contribution in [0.2, 0.25) is 0 Å². The van der Waals surface area contributed by atoms with E-state index in [0.29, 0.717) is 30.1 Å². The van der Waals surface area contributed by atoms with E-state index in [9.17, 15) is 14.4 Å². The molecule has 0 unspecified atom stereocenters. The maximum atomic E-state index is 13.0. The molecule has 0 spiro atoms. The predicted molar refractivity (Wildman–Crippen MR) is 131 cm³/mol. The number of anilines is 2. The van der Waals surface area contributed by atoms with E-state index in [1.807, 2.05) is 35.2 Å². The number of amides is 3. The van der Waals surface area contributed by atoms with Gasteiger partial charge >= 0.3 is 0 Å². The molecule has 2 aromatic carbocycles. The molecule has 2 aliphatic heterocycles. The Morgan fingerprint density at radius 1 is 1.03 bits per heavy atom. The molecule has 0 radical (unpaired) electrons. The first-order chi connectivity index (χ1) is 16.4. The van der Waals surface area contributed by atoms with Crippen molar-refractivity contribution >= 4 is 29.1 Å². The first kappa shape index (κ1) is 23.8. The maximum Gasteiger partial charge on any atom is 0.238 e. The lowest BCUT2D eigenvalue weighted by molar-refractivity contribution is -0.133. The smallest absolute Gasteiger partial charge is 0.238 e. The third-order valence-corrected chi connectivity index (χ3v) is 6.59. The normalized spacial score (nSPS) is 20.4. The van der Waals surface area contributed by atoms with E-state index in [1.165, 1.54) is 6.92 Å². The van der Waals surface area contributed by atoms with Gasteiger partial charge in [-0.3, -0.25) is 19.3 Å². The number of methoxy groups -OCH3 is 1. The second kappa shape index (κ2) is 10.7. The lowest BCUT2D eigenvalue weighted by atomic mass is 10.0. The summed E-state index contributed by atoms with van der Waals surface area (Å²) < 4.78 is 5.27. The Bertz CT molecular complexity index is 1040. The average Bonchev–Trinajstić information content (AvgIpc) is 3.13. The summed E-state index contributed by atoms with van der Waals surface area (Å²) in [5, 5.41) is 5.68. The minimum Gasteiger partial charge on any atom is -0.497 e. The van der Waals surface area contributed by atoms with Crippen LogP contribution < -0.4 is 15.4 Å². The van der Waals surface area contributed by atoms with Crippen molar-refractivity contribution in [3.8, 4) is 5.75 Å². The third-order valence-electron chi connectivity index (χ3n) is 6.59. The number of nitrogens with zero attached hydrogens (tertiary/aromatic N) is 2. The standard InChI is InChI=1S/C26H32N4O4/c1-18(31)27-21-12-11-20(34-2)15-22(21)28-25(32)17-29-14-13-24-23(29)9-6-10-26(33)30(24)16-19-7-4-3-5-8-19/h3-5,7-8,11-12,15,23-24H,6,9-10,13-14,16-17H2,1-2H3,(H,27,31)(H,28,32)/t23-,24-/m0/s1. The fraction of sp³-hybridized carbons (Fsp3) is 0.423. The Kier molecular flexibility index (Phi) is 7.47. The molecule has 0 bridgehead atoms. The molecule has 2 atom stereocenters. The quantitative estimate of drug-likeness (QED) is 0.657. The van der Waals surface area contributed by atoms with Gasteiger partial charge < -0.3 is 20.3 Å². The van der Waals surface area contributed by atoms with Gasteiger partial charge in [0.1, 0.15) is 5.75 Å². The molecule has 2 heterocycles. The minimum atomic E-state index is -0.218. The van der Waals surface area contributed by atoms with Gasteiger partial charge in [-0.25, -0.2) is 0 Å². The molecule has 2 saturated heterocycles. The maximum absolute atomic E-state index is 13.0. The number of ether oxygens (including phenoxy) is 1. The highest BCUT2D eigenvalue weighted by molar-refractivity contribution is 5.99. The first-order valence-corrected chi connectivity index (χ1v) is 11.8. The lowest BCUT2D eigenvalue weighted by Crippen LogP contribution is -2.47. The minimum absolute atomic E-state index is 0.106. The molecule has 180 valence electrons. The van der Waals surface area contributed by atoms with E-state index in [2.05, 4.69) is 15.5 Å². The van der Waals surface area contributed by atoms with Crippen molar-refractivity contribution in [1.82, 2.24) is 9.80 Å². The Morgan fingerprint density at radius 2 is 1.82 bits per heavy atom. The highest BCUT2D eigenvalue weighted by atomic mass is 16.5. The topological polar surface area (TPSA) is 91.0 Å². The van der Waals surface area contributed by atoms with Gasteiger partial charge in [-0.2, -0.15) is 0 Å². The number of nitrogens with one attached hydrogen (secondary N) is 2. The number of hydrogen-bond donors (Lipinski definition) is 2. The van der Waals surface area contributed by atoms with Crippen molar-refractivity contribution in [2.24, 2.45) is 0 Å². The van der Waals surface area contributed by atoms with Crippen molar-refractivity contribution in [2.45, 2.75) is 51.2 Å². The summed E-state index contributed by atoms with van der Waals surface area (Å²) >= 11 is 0. The van der Waals surface area contributed by atoms with E-state index >= 15 is 0 Å². The summed E-state index contributed by atoms with van der Waals surface area (Å²) in [5.74, 6) is 0.402. The van der Waals surface area contributed by atoms with Gasteiger partial charge in [0.15, 0.2) is 0 Å². The summed E-state index contributed by atoms with van der Waals surface area (Å²) in [5.41, 5.74) is 2.14. The molecule has 2 aliphatic rings. The molecule has 0 aromatic heterocycles. The van der Waals surface area contributed by atoms with Crippen molar-refractivity contribution < 1.29 is 19.1 Å². The number of rotatable bonds is 7. The van der Waals surface area contributed by atoms with Crippen LogP contribution in [0.1, 0.15) is 38.2 Å². The molecule has 0 aliphatic carbocycles. The van der Waals surface area contributed by atoms with Crippen LogP contribution in [0, 0.1) is 0 Å². The Labute approximate surface area is 200 Å². The van der Waals surface area contributed by atoms with Gasteiger partial charge in [0.25, 0.3) is 0 Å². The number of likely N-dealkylation sites (tertiary alicyclic amines) is 2. The third kappa shape index (κ3) is 5.56. The zero-order chi connectivity index (χ0) is 24.1. The molecule has 2 N–H and O–H groups in total. The Balaban J connectivity index is 1.45. The van der Waals surface area contributed by atoms with E-state index in [4.69, 9.17) is 4.74 Å². The summed E-state index contributed by atoms with van der Waals surface area (Å²) in [6.07, 6.45) is 3.12. The lowest BCUT2D eigenvalue weighted by Gasteiger charge is -2.33. The summed E-state index contributed by atoms with van der Waals surface area (Å²) in [6, 6.07) is 15.5. The largest absolute Gasteiger partial charge is 0.497 e. The van der Waals surface area contributed by atoms with Gasteiger partial charge in [0.2, 0.25) is 17.7 Å². The van der Waals surface area contributed by atoms with Crippen LogP contribution in [0.4, 0.5) is 11.4 Å².